The molecule has 4 aromatic rings. The predicted molar refractivity (Wildman–Crippen MR) is 105 cm³/mol. The van der Waals surface area contributed by atoms with Gasteiger partial charge in [-0.2, -0.15) is 13.2 Å². The van der Waals surface area contributed by atoms with Crippen LogP contribution < -0.4 is 10.9 Å². The van der Waals surface area contributed by atoms with Crippen LogP contribution in [0.1, 0.15) is 18.4 Å². The first-order chi connectivity index (χ1) is 15.0. The largest absolute Gasteiger partial charge is 0.426 e. The van der Waals surface area contributed by atoms with E-state index in [2.05, 4.69) is 15.5 Å². The van der Waals surface area contributed by atoms with Gasteiger partial charge in [0.1, 0.15) is 11.4 Å². The molecule has 11 heteroatoms. The third-order valence-corrected chi connectivity index (χ3v) is 4.80. The van der Waals surface area contributed by atoms with Crippen molar-refractivity contribution in [2.75, 3.05) is 5.32 Å². The molecule has 2 aromatic carbocycles. The second-order valence-corrected chi connectivity index (χ2v) is 7.15. The van der Waals surface area contributed by atoms with Gasteiger partial charge >= 0.3 is 17.8 Å². The maximum absolute atomic E-state index is 13.2. The molecule has 7 nitrogen and oxygen atoms in total. The molecule has 0 amide bonds. The summed E-state index contributed by atoms with van der Waals surface area (Å²) in [4.78, 5) is 12.0. The Balaban J connectivity index is 1.58. The van der Waals surface area contributed by atoms with Crippen molar-refractivity contribution in [2.45, 2.75) is 25.2 Å². The number of nitrogens with zero attached hydrogens (tertiary/aromatic N) is 2. The Bertz CT molecular complexity index is 1330. The highest BCUT2D eigenvalue weighted by Crippen LogP contribution is 2.38. The molecule has 0 radical (unpaired) electrons. The highest BCUT2D eigenvalue weighted by atomic mass is 19.4. The molecule has 0 fully saturated rings. The van der Waals surface area contributed by atoms with E-state index in [9.17, 15) is 27.5 Å². The summed E-state index contributed by atoms with van der Waals surface area (Å²) >= 11 is 0. The Morgan fingerprint density at radius 2 is 1.75 bits per heavy atom. The number of rotatable bonds is 5. The van der Waals surface area contributed by atoms with Crippen LogP contribution in [0.3, 0.4) is 0 Å². The highest BCUT2D eigenvalue weighted by Gasteiger charge is 2.55. The number of benzene rings is 2. The second-order valence-electron chi connectivity index (χ2n) is 7.15. The zero-order valence-corrected chi connectivity index (χ0v) is 16.4. The van der Waals surface area contributed by atoms with Gasteiger partial charge in [0.15, 0.2) is 0 Å². The van der Waals surface area contributed by atoms with E-state index in [4.69, 9.17) is 8.83 Å². The van der Waals surface area contributed by atoms with E-state index in [0.29, 0.717) is 29.0 Å². The van der Waals surface area contributed by atoms with Crippen LogP contribution in [0.25, 0.3) is 22.1 Å². The van der Waals surface area contributed by atoms with Gasteiger partial charge in [-0.15, -0.1) is 5.10 Å². The summed E-state index contributed by atoms with van der Waals surface area (Å²) in [6, 6.07) is 11.6. The predicted octanol–water partition coefficient (Wildman–Crippen LogP) is 4.36. The zero-order chi connectivity index (χ0) is 23.1. The molecule has 0 aliphatic rings. The summed E-state index contributed by atoms with van der Waals surface area (Å²) in [7, 11) is 0. The van der Waals surface area contributed by atoms with Gasteiger partial charge in [0.05, 0.1) is 0 Å². The van der Waals surface area contributed by atoms with Crippen LogP contribution in [-0.4, -0.2) is 21.5 Å². The fourth-order valence-electron chi connectivity index (χ4n) is 2.98. The highest BCUT2D eigenvalue weighted by molar-refractivity contribution is 5.93. The van der Waals surface area contributed by atoms with Gasteiger partial charge in [-0.3, -0.25) is 0 Å². The number of alkyl halides is 3. The standard InChI is InChI=1S/C21H15F4N3O4/c1-20(30,21(23,24)25)18-27-28-19(32-18)26-10-11-2-7-14-15(9-17(29)31-16(14)8-11)12-3-5-13(22)6-4-12/h2-9,30H,10H2,1H3,(H,26,28)/t20-/m0/s1. The molecule has 2 N–H and O–H groups in total. The van der Waals surface area contributed by atoms with E-state index in [1.807, 2.05) is 0 Å². The molecule has 0 saturated heterocycles. The molecule has 1 atom stereocenters. The maximum atomic E-state index is 13.2. The lowest BCUT2D eigenvalue weighted by Gasteiger charge is -2.21. The number of fused-ring (bicyclic) bond motifs is 1. The molecule has 0 unspecified atom stereocenters. The van der Waals surface area contributed by atoms with E-state index >= 15 is 0 Å². The molecule has 0 spiro atoms. The van der Waals surface area contributed by atoms with Gasteiger partial charge in [-0.05, 0) is 41.8 Å². The molecule has 32 heavy (non-hydrogen) atoms. The van der Waals surface area contributed by atoms with E-state index in [-0.39, 0.29) is 18.1 Å². The monoisotopic (exact) mass is 449 g/mol. The van der Waals surface area contributed by atoms with Crippen LogP contribution in [0.2, 0.25) is 0 Å². The minimum Gasteiger partial charge on any atom is -0.423 e. The Labute approximate surface area is 177 Å². The van der Waals surface area contributed by atoms with Crippen LogP contribution in [-0.2, 0) is 12.1 Å². The van der Waals surface area contributed by atoms with E-state index < -0.39 is 29.1 Å². The number of aliphatic hydroxyl groups is 1. The molecule has 0 aliphatic carbocycles. The number of hydrogen-bond donors (Lipinski definition) is 2. The maximum Gasteiger partial charge on any atom is 0.426 e. The topological polar surface area (TPSA) is 101 Å². The van der Waals surface area contributed by atoms with Gasteiger partial charge in [0.25, 0.3) is 5.89 Å². The number of hydrogen-bond acceptors (Lipinski definition) is 7. The molecule has 4 rings (SSSR count). The third-order valence-electron chi connectivity index (χ3n) is 4.80. The van der Waals surface area contributed by atoms with Crippen LogP contribution in [0.4, 0.5) is 23.6 Å². The number of halogens is 4. The summed E-state index contributed by atoms with van der Waals surface area (Å²) in [5.41, 5.74) is -1.83. The van der Waals surface area contributed by atoms with Crippen molar-refractivity contribution >= 4 is 17.0 Å². The Kier molecular flexibility index (Phi) is 5.21. The van der Waals surface area contributed by atoms with Crippen LogP contribution in [0.15, 0.2) is 62.2 Å². The summed E-state index contributed by atoms with van der Waals surface area (Å²) in [6.45, 7) is 0.560. The molecular formula is C21H15F4N3O4. The van der Waals surface area contributed by atoms with Crippen molar-refractivity contribution in [1.29, 1.82) is 0 Å². The lowest BCUT2D eigenvalue weighted by Crippen LogP contribution is -2.39. The van der Waals surface area contributed by atoms with Crippen molar-refractivity contribution in [3.63, 3.8) is 0 Å². The quantitative estimate of drug-likeness (QED) is 0.345. The van der Waals surface area contributed by atoms with Gasteiger partial charge in [0, 0.05) is 18.0 Å². The summed E-state index contributed by atoms with van der Waals surface area (Å²) in [5.74, 6) is -1.41. The molecule has 2 aromatic heterocycles. The normalized spacial score (nSPS) is 13.8. The average Bonchev–Trinajstić information content (AvgIpc) is 3.21. The zero-order valence-electron chi connectivity index (χ0n) is 16.4. The number of aromatic nitrogens is 2. The van der Waals surface area contributed by atoms with Crippen LogP contribution >= 0.6 is 0 Å². The second kappa shape index (κ2) is 7.75. The number of nitrogens with one attached hydrogen (secondary N) is 1. The van der Waals surface area contributed by atoms with E-state index in [1.54, 1.807) is 30.3 Å². The smallest absolute Gasteiger partial charge is 0.423 e. The lowest BCUT2D eigenvalue weighted by molar-refractivity contribution is -0.266. The first kappa shape index (κ1) is 21.5. The summed E-state index contributed by atoms with van der Waals surface area (Å²) < 4.78 is 62.0. The first-order valence-electron chi connectivity index (χ1n) is 9.24. The lowest BCUT2D eigenvalue weighted by atomic mass is 10.0. The van der Waals surface area contributed by atoms with E-state index in [0.717, 1.165) is 0 Å². The SMILES string of the molecule is C[C@](O)(c1nnc(NCc2ccc3c(-c4ccc(F)cc4)cc(=O)oc3c2)o1)C(F)(F)F. The summed E-state index contributed by atoms with van der Waals surface area (Å²) in [6.07, 6.45) is -4.99. The fraction of sp³-hybridized carbons (Fsp3) is 0.190. The molecule has 0 aliphatic heterocycles. The van der Waals surface area contributed by atoms with E-state index in [1.165, 1.54) is 18.2 Å². The van der Waals surface area contributed by atoms with Crippen molar-refractivity contribution in [1.82, 2.24) is 10.2 Å². The van der Waals surface area contributed by atoms with Crippen LogP contribution in [0.5, 0.6) is 0 Å². The minimum atomic E-state index is -4.99. The molecule has 2 heterocycles. The van der Waals surface area contributed by atoms with Crippen molar-refractivity contribution < 1.29 is 31.5 Å². The summed E-state index contributed by atoms with van der Waals surface area (Å²) in [5, 5.41) is 19.6. The van der Waals surface area contributed by atoms with Gasteiger partial charge in [-0.1, -0.05) is 29.4 Å². The molecular weight excluding hydrogens is 434 g/mol. The van der Waals surface area contributed by atoms with Crippen LogP contribution in [0, 0.1) is 5.82 Å². The molecule has 166 valence electrons. The minimum absolute atomic E-state index is 0.0518. The molecule has 0 bridgehead atoms. The van der Waals surface area contributed by atoms with Crippen molar-refractivity contribution in [3.8, 4) is 11.1 Å². The first-order valence-corrected chi connectivity index (χ1v) is 9.24. The third kappa shape index (κ3) is 4.06. The number of anilines is 1. The van der Waals surface area contributed by atoms with Gasteiger partial charge in [0.2, 0.25) is 5.60 Å². The Hall–Kier alpha value is -3.73. The van der Waals surface area contributed by atoms with Gasteiger partial charge in [-0.25, -0.2) is 9.18 Å². The molecule has 0 saturated carbocycles. The Morgan fingerprint density at radius 1 is 1.03 bits per heavy atom. The van der Waals surface area contributed by atoms with Gasteiger partial charge < -0.3 is 19.3 Å². The fourth-order valence-corrected chi connectivity index (χ4v) is 2.98. The van der Waals surface area contributed by atoms with Crippen molar-refractivity contribution in [3.05, 3.63) is 76.2 Å². The Morgan fingerprint density at radius 3 is 2.44 bits per heavy atom. The average molecular weight is 449 g/mol. The van der Waals surface area contributed by atoms with Crippen molar-refractivity contribution in [2.24, 2.45) is 0 Å².